The van der Waals surface area contributed by atoms with Gasteiger partial charge < -0.3 is 5.32 Å². The molecule has 0 aliphatic rings. The van der Waals surface area contributed by atoms with Crippen molar-refractivity contribution in [2.45, 2.75) is 33.2 Å². The van der Waals surface area contributed by atoms with E-state index in [9.17, 15) is 4.79 Å². The van der Waals surface area contributed by atoms with E-state index in [0.717, 1.165) is 16.8 Å². The van der Waals surface area contributed by atoms with Crippen molar-refractivity contribution in [2.75, 3.05) is 5.32 Å². The highest BCUT2D eigenvalue weighted by molar-refractivity contribution is 6.33. The lowest BCUT2D eigenvalue weighted by Crippen LogP contribution is -2.22. The molecule has 7 heteroatoms. The number of amides is 1. The molecule has 0 spiro atoms. The predicted molar refractivity (Wildman–Crippen MR) is 102 cm³/mol. The summed E-state index contributed by atoms with van der Waals surface area (Å²) in [6, 6.07) is 13.2. The zero-order valence-corrected chi connectivity index (χ0v) is 15.7. The number of nitrogens with one attached hydrogen (secondary N) is 1. The molecule has 0 aliphatic carbocycles. The van der Waals surface area contributed by atoms with E-state index in [2.05, 4.69) is 34.6 Å². The Labute approximate surface area is 157 Å². The second-order valence-electron chi connectivity index (χ2n) is 6.37. The standard InChI is InChI=1S/C19H20ClN5O/c1-12(2)14-9-6-7-13(3)18(14)21-17(26)11-25-23-19(22-24-25)15-8-4-5-10-16(15)20/h4-10,12H,11H2,1-3H3,(H,21,26). The fourth-order valence-corrected chi connectivity index (χ4v) is 2.93. The number of aromatic nitrogens is 4. The van der Waals surface area contributed by atoms with Crippen molar-refractivity contribution in [1.82, 2.24) is 20.2 Å². The van der Waals surface area contributed by atoms with Gasteiger partial charge in [0.1, 0.15) is 6.54 Å². The Morgan fingerprint density at radius 3 is 2.69 bits per heavy atom. The van der Waals surface area contributed by atoms with Gasteiger partial charge in [-0.3, -0.25) is 4.79 Å². The fourth-order valence-electron chi connectivity index (χ4n) is 2.71. The zero-order chi connectivity index (χ0) is 18.7. The quantitative estimate of drug-likeness (QED) is 0.735. The number of tetrazole rings is 1. The van der Waals surface area contributed by atoms with Crippen molar-refractivity contribution in [3.8, 4) is 11.4 Å². The molecule has 134 valence electrons. The summed E-state index contributed by atoms with van der Waals surface area (Å²) in [5.41, 5.74) is 3.65. The first-order valence-electron chi connectivity index (χ1n) is 8.37. The summed E-state index contributed by atoms with van der Waals surface area (Å²) in [6.07, 6.45) is 0. The molecule has 0 radical (unpaired) electrons. The van der Waals surface area contributed by atoms with Crippen molar-refractivity contribution in [1.29, 1.82) is 0 Å². The molecule has 0 fully saturated rings. The van der Waals surface area contributed by atoms with Crippen LogP contribution >= 0.6 is 11.6 Å². The number of carbonyl (C=O) groups excluding carboxylic acids is 1. The molecule has 2 aromatic carbocycles. The number of hydrogen-bond donors (Lipinski definition) is 1. The molecular formula is C19H20ClN5O. The van der Waals surface area contributed by atoms with E-state index in [4.69, 9.17) is 11.6 Å². The van der Waals surface area contributed by atoms with Crippen LogP contribution in [0.4, 0.5) is 5.69 Å². The molecule has 3 rings (SSSR count). The van der Waals surface area contributed by atoms with Crippen LogP contribution < -0.4 is 5.32 Å². The Kier molecular flexibility index (Phi) is 5.32. The molecule has 3 aromatic rings. The van der Waals surface area contributed by atoms with E-state index in [1.54, 1.807) is 6.07 Å². The van der Waals surface area contributed by atoms with E-state index in [-0.39, 0.29) is 12.5 Å². The maximum Gasteiger partial charge on any atom is 0.248 e. The summed E-state index contributed by atoms with van der Waals surface area (Å²) in [5, 5.41) is 15.7. The maximum absolute atomic E-state index is 12.5. The van der Waals surface area contributed by atoms with E-state index < -0.39 is 0 Å². The largest absolute Gasteiger partial charge is 0.324 e. The number of benzene rings is 2. The van der Waals surface area contributed by atoms with Crippen molar-refractivity contribution in [3.05, 3.63) is 58.6 Å². The molecule has 0 saturated carbocycles. The highest BCUT2D eigenvalue weighted by Gasteiger charge is 2.15. The lowest BCUT2D eigenvalue weighted by atomic mass is 9.98. The third kappa shape index (κ3) is 3.91. The van der Waals surface area contributed by atoms with Crippen molar-refractivity contribution in [2.24, 2.45) is 0 Å². The number of nitrogens with zero attached hydrogens (tertiary/aromatic N) is 4. The molecule has 1 aromatic heterocycles. The molecule has 26 heavy (non-hydrogen) atoms. The predicted octanol–water partition coefficient (Wildman–Crippen LogP) is 4.06. The highest BCUT2D eigenvalue weighted by atomic mass is 35.5. The van der Waals surface area contributed by atoms with E-state index in [0.29, 0.717) is 22.3 Å². The fraction of sp³-hybridized carbons (Fsp3) is 0.263. The number of carbonyl (C=O) groups is 1. The minimum Gasteiger partial charge on any atom is -0.324 e. The molecule has 0 aliphatic heterocycles. The van der Waals surface area contributed by atoms with Crippen LogP contribution in [0.2, 0.25) is 5.02 Å². The summed E-state index contributed by atoms with van der Waals surface area (Å²) in [4.78, 5) is 13.7. The van der Waals surface area contributed by atoms with Gasteiger partial charge in [0, 0.05) is 11.3 Å². The normalized spacial score (nSPS) is 11.0. The Morgan fingerprint density at radius 1 is 1.19 bits per heavy atom. The first-order chi connectivity index (χ1) is 12.5. The number of rotatable bonds is 5. The number of anilines is 1. The first-order valence-corrected chi connectivity index (χ1v) is 8.75. The van der Waals surface area contributed by atoms with Crippen LogP contribution in [-0.2, 0) is 11.3 Å². The van der Waals surface area contributed by atoms with Crippen molar-refractivity contribution >= 4 is 23.2 Å². The minimum absolute atomic E-state index is 0.0245. The highest BCUT2D eigenvalue weighted by Crippen LogP contribution is 2.27. The van der Waals surface area contributed by atoms with Gasteiger partial charge in [0.15, 0.2) is 0 Å². The number of aryl methyl sites for hydroxylation is 1. The lowest BCUT2D eigenvalue weighted by Gasteiger charge is -2.16. The third-order valence-corrected chi connectivity index (χ3v) is 4.37. The van der Waals surface area contributed by atoms with Crippen LogP contribution in [0.3, 0.4) is 0 Å². The average Bonchev–Trinajstić information content (AvgIpc) is 3.05. The monoisotopic (exact) mass is 369 g/mol. The van der Waals surface area contributed by atoms with E-state index in [1.807, 2.05) is 43.3 Å². The summed E-state index contributed by atoms with van der Waals surface area (Å²) in [7, 11) is 0. The smallest absolute Gasteiger partial charge is 0.248 e. The van der Waals surface area contributed by atoms with Gasteiger partial charge in [0.25, 0.3) is 0 Å². The lowest BCUT2D eigenvalue weighted by molar-refractivity contribution is -0.117. The van der Waals surface area contributed by atoms with Gasteiger partial charge in [-0.05, 0) is 41.3 Å². The molecule has 0 unspecified atom stereocenters. The second kappa shape index (κ2) is 7.66. The number of para-hydroxylation sites is 1. The van der Waals surface area contributed by atoms with Crippen molar-refractivity contribution < 1.29 is 4.79 Å². The van der Waals surface area contributed by atoms with Gasteiger partial charge in [-0.25, -0.2) is 0 Å². The van der Waals surface area contributed by atoms with Gasteiger partial charge in [0.2, 0.25) is 11.7 Å². The Balaban J connectivity index is 1.75. The summed E-state index contributed by atoms with van der Waals surface area (Å²) in [6.45, 7) is 6.15. The Morgan fingerprint density at radius 2 is 1.96 bits per heavy atom. The molecule has 6 nitrogen and oxygen atoms in total. The van der Waals surface area contributed by atoms with E-state index in [1.165, 1.54) is 4.80 Å². The number of halogens is 1. The van der Waals surface area contributed by atoms with Crippen molar-refractivity contribution in [3.63, 3.8) is 0 Å². The molecule has 0 saturated heterocycles. The van der Waals surface area contributed by atoms with Gasteiger partial charge >= 0.3 is 0 Å². The molecule has 0 atom stereocenters. The van der Waals surface area contributed by atoms with Crippen LogP contribution in [0.25, 0.3) is 11.4 Å². The van der Waals surface area contributed by atoms with Crippen LogP contribution in [0.5, 0.6) is 0 Å². The van der Waals surface area contributed by atoms with Gasteiger partial charge in [0.05, 0.1) is 5.02 Å². The first kappa shape index (κ1) is 18.1. The number of hydrogen-bond acceptors (Lipinski definition) is 4. The van der Waals surface area contributed by atoms with Gasteiger partial charge in [-0.15, -0.1) is 10.2 Å². The van der Waals surface area contributed by atoms with Gasteiger partial charge in [-0.2, -0.15) is 4.80 Å². The van der Waals surface area contributed by atoms with Gasteiger partial charge in [-0.1, -0.05) is 55.8 Å². The van der Waals surface area contributed by atoms with Crippen LogP contribution in [0, 0.1) is 6.92 Å². The van der Waals surface area contributed by atoms with Crippen LogP contribution in [-0.4, -0.2) is 26.1 Å². The van der Waals surface area contributed by atoms with Crippen LogP contribution in [0.15, 0.2) is 42.5 Å². The SMILES string of the molecule is Cc1cccc(C(C)C)c1NC(=O)Cn1nnc(-c2ccccc2Cl)n1. The van der Waals surface area contributed by atoms with E-state index >= 15 is 0 Å². The topological polar surface area (TPSA) is 72.7 Å². The molecule has 1 amide bonds. The van der Waals surface area contributed by atoms with Crippen LogP contribution in [0.1, 0.15) is 30.9 Å². The molecule has 1 heterocycles. The zero-order valence-electron chi connectivity index (χ0n) is 14.9. The molecular weight excluding hydrogens is 350 g/mol. The summed E-state index contributed by atoms with van der Waals surface area (Å²) >= 11 is 6.15. The average molecular weight is 370 g/mol. The molecule has 1 N–H and O–H groups in total. The second-order valence-corrected chi connectivity index (χ2v) is 6.77. The summed E-state index contributed by atoms with van der Waals surface area (Å²) in [5.74, 6) is 0.494. The maximum atomic E-state index is 12.5. The summed E-state index contributed by atoms with van der Waals surface area (Å²) < 4.78 is 0. The Hall–Kier alpha value is -2.73. The Bertz CT molecular complexity index is 935. The third-order valence-electron chi connectivity index (χ3n) is 4.04. The molecule has 0 bridgehead atoms. The minimum atomic E-state index is -0.204.